The molecule has 0 aliphatic rings. The number of alkyl halides is 1. The van der Waals surface area contributed by atoms with Crippen LogP contribution in [0.5, 0.6) is 5.75 Å². The Morgan fingerprint density at radius 3 is 2.65 bits per heavy atom. The van der Waals surface area contributed by atoms with Gasteiger partial charge in [-0.2, -0.15) is 0 Å². The summed E-state index contributed by atoms with van der Waals surface area (Å²) in [5.74, 6) is 1.07. The number of hydrogen-bond acceptors (Lipinski definition) is 4. The summed E-state index contributed by atoms with van der Waals surface area (Å²) >= 11 is 5.80. The molecule has 0 spiro atoms. The zero-order valence-corrected chi connectivity index (χ0v) is 11.0. The third kappa shape index (κ3) is 5.35. The van der Waals surface area contributed by atoms with Crippen LogP contribution in [0, 0.1) is 6.92 Å². The Kier molecular flexibility index (Phi) is 6.93. The Morgan fingerprint density at radius 2 is 1.94 bits per heavy atom. The maximum atomic E-state index is 5.80. The van der Waals surface area contributed by atoms with E-state index in [1.807, 2.05) is 19.1 Å². The Hall–Kier alpha value is -0.840. The molecule has 0 aliphatic carbocycles. The first-order chi connectivity index (χ1) is 8.27. The molecule has 0 saturated heterocycles. The van der Waals surface area contributed by atoms with Crippen molar-refractivity contribution in [1.82, 2.24) is 4.98 Å². The Bertz CT molecular complexity index is 334. The number of ether oxygens (including phenoxy) is 3. The lowest BCUT2D eigenvalue weighted by Gasteiger charge is -2.10. The molecular formula is C12H18ClNO3. The fourth-order valence-corrected chi connectivity index (χ4v) is 1.47. The van der Waals surface area contributed by atoms with Crippen molar-refractivity contribution < 1.29 is 14.2 Å². The fourth-order valence-electron chi connectivity index (χ4n) is 1.28. The van der Waals surface area contributed by atoms with E-state index in [1.165, 1.54) is 0 Å². The van der Waals surface area contributed by atoms with Crippen LogP contribution in [0.15, 0.2) is 12.1 Å². The lowest BCUT2D eigenvalue weighted by atomic mass is 10.3. The van der Waals surface area contributed by atoms with E-state index in [4.69, 9.17) is 25.8 Å². The lowest BCUT2D eigenvalue weighted by molar-refractivity contribution is 0.0542. The van der Waals surface area contributed by atoms with Gasteiger partial charge in [-0.05, 0) is 19.1 Å². The van der Waals surface area contributed by atoms with E-state index < -0.39 is 0 Å². The van der Waals surface area contributed by atoms with Gasteiger partial charge in [0.25, 0.3) is 0 Å². The van der Waals surface area contributed by atoms with E-state index in [0.717, 1.165) is 17.1 Å². The van der Waals surface area contributed by atoms with E-state index in [-0.39, 0.29) is 0 Å². The Balaban J connectivity index is 2.31. The molecule has 0 bridgehead atoms. The molecular weight excluding hydrogens is 242 g/mol. The van der Waals surface area contributed by atoms with Crippen LogP contribution in [0.3, 0.4) is 0 Å². The highest BCUT2D eigenvalue weighted by atomic mass is 35.5. The second-order valence-electron chi connectivity index (χ2n) is 3.48. The fraction of sp³-hybridized carbons (Fsp3) is 0.583. The summed E-state index contributed by atoms with van der Waals surface area (Å²) in [4.78, 5) is 4.30. The lowest BCUT2D eigenvalue weighted by Crippen LogP contribution is -2.11. The third-order valence-corrected chi connectivity index (χ3v) is 2.37. The summed E-state index contributed by atoms with van der Waals surface area (Å²) in [7, 11) is 1.64. The van der Waals surface area contributed by atoms with E-state index >= 15 is 0 Å². The highest BCUT2D eigenvalue weighted by molar-refractivity contribution is 6.17. The van der Waals surface area contributed by atoms with Crippen LogP contribution in [-0.4, -0.2) is 38.5 Å². The van der Waals surface area contributed by atoms with Gasteiger partial charge in [0.1, 0.15) is 12.4 Å². The van der Waals surface area contributed by atoms with Gasteiger partial charge in [-0.15, -0.1) is 11.6 Å². The summed E-state index contributed by atoms with van der Waals surface area (Å²) in [6.45, 7) is 4.11. The number of halogens is 1. The molecule has 0 fully saturated rings. The van der Waals surface area contributed by atoms with E-state index in [2.05, 4.69) is 4.98 Å². The van der Waals surface area contributed by atoms with Gasteiger partial charge < -0.3 is 14.2 Å². The van der Waals surface area contributed by atoms with Crippen molar-refractivity contribution in [2.75, 3.05) is 33.5 Å². The van der Waals surface area contributed by atoms with Crippen molar-refractivity contribution >= 4 is 11.6 Å². The second kappa shape index (κ2) is 8.28. The first-order valence-electron chi connectivity index (χ1n) is 5.50. The van der Waals surface area contributed by atoms with Crippen LogP contribution in [0.2, 0.25) is 0 Å². The molecule has 17 heavy (non-hydrogen) atoms. The average Bonchev–Trinajstić information content (AvgIpc) is 2.35. The molecule has 0 radical (unpaired) electrons. The SMILES string of the molecule is COCCOCCOc1ccc(C)nc1CCl. The predicted octanol–water partition coefficient (Wildman–Crippen LogP) is 2.17. The number of pyridine rings is 1. The number of nitrogens with zero attached hydrogens (tertiary/aromatic N) is 1. The minimum Gasteiger partial charge on any atom is -0.489 e. The predicted molar refractivity (Wildman–Crippen MR) is 66.7 cm³/mol. The number of aryl methyl sites for hydroxylation is 1. The maximum Gasteiger partial charge on any atom is 0.142 e. The minimum absolute atomic E-state index is 0.349. The van der Waals surface area contributed by atoms with Crippen molar-refractivity contribution in [3.05, 3.63) is 23.5 Å². The first kappa shape index (κ1) is 14.2. The summed E-state index contributed by atoms with van der Waals surface area (Å²) in [6.07, 6.45) is 0. The van der Waals surface area contributed by atoms with Gasteiger partial charge in [-0.1, -0.05) is 0 Å². The molecule has 0 N–H and O–H groups in total. The topological polar surface area (TPSA) is 40.6 Å². The smallest absolute Gasteiger partial charge is 0.142 e. The Labute approximate surface area is 107 Å². The molecule has 0 amide bonds. The van der Waals surface area contributed by atoms with Crippen LogP contribution in [0.1, 0.15) is 11.4 Å². The molecule has 0 atom stereocenters. The van der Waals surface area contributed by atoms with Crippen molar-refractivity contribution in [3.63, 3.8) is 0 Å². The summed E-state index contributed by atoms with van der Waals surface area (Å²) in [5.41, 5.74) is 1.70. The number of rotatable bonds is 8. The molecule has 1 aromatic rings. The van der Waals surface area contributed by atoms with Gasteiger partial charge in [0.05, 0.1) is 31.4 Å². The zero-order valence-electron chi connectivity index (χ0n) is 10.2. The quantitative estimate of drug-likeness (QED) is 0.530. The van der Waals surface area contributed by atoms with Crippen LogP contribution in [0.25, 0.3) is 0 Å². The molecule has 1 aromatic heterocycles. The highest BCUT2D eigenvalue weighted by Crippen LogP contribution is 2.18. The molecule has 0 saturated carbocycles. The number of aromatic nitrogens is 1. The first-order valence-corrected chi connectivity index (χ1v) is 6.03. The van der Waals surface area contributed by atoms with Crippen LogP contribution in [0.4, 0.5) is 0 Å². The normalized spacial score (nSPS) is 10.5. The summed E-state index contributed by atoms with van der Waals surface area (Å²) in [6, 6.07) is 3.78. The molecule has 1 rings (SSSR count). The Morgan fingerprint density at radius 1 is 1.18 bits per heavy atom. The van der Waals surface area contributed by atoms with Crippen LogP contribution in [-0.2, 0) is 15.4 Å². The van der Waals surface area contributed by atoms with Crippen LogP contribution >= 0.6 is 11.6 Å². The zero-order chi connectivity index (χ0) is 12.5. The highest BCUT2D eigenvalue weighted by Gasteiger charge is 2.04. The molecule has 1 heterocycles. The molecule has 96 valence electrons. The molecule has 4 nitrogen and oxygen atoms in total. The van der Waals surface area contributed by atoms with E-state index in [0.29, 0.717) is 32.3 Å². The standard InChI is InChI=1S/C12H18ClNO3/c1-10-3-4-12(11(9-13)14-10)17-8-7-16-6-5-15-2/h3-4H,5-9H2,1-2H3. The maximum absolute atomic E-state index is 5.80. The average molecular weight is 260 g/mol. The van der Waals surface area contributed by atoms with Crippen molar-refractivity contribution in [2.45, 2.75) is 12.8 Å². The summed E-state index contributed by atoms with van der Waals surface area (Å²) < 4.78 is 15.7. The van der Waals surface area contributed by atoms with Gasteiger partial charge in [-0.3, -0.25) is 4.98 Å². The van der Waals surface area contributed by atoms with Gasteiger partial charge >= 0.3 is 0 Å². The summed E-state index contributed by atoms with van der Waals surface area (Å²) in [5, 5.41) is 0. The van der Waals surface area contributed by atoms with Gasteiger partial charge in [0, 0.05) is 12.8 Å². The van der Waals surface area contributed by atoms with Gasteiger partial charge in [0.2, 0.25) is 0 Å². The van der Waals surface area contributed by atoms with E-state index in [9.17, 15) is 0 Å². The number of hydrogen-bond donors (Lipinski definition) is 0. The molecule has 5 heteroatoms. The molecule has 0 aliphatic heterocycles. The van der Waals surface area contributed by atoms with Gasteiger partial charge in [0.15, 0.2) is 0 Å². The van der Waals surface area contributed by atoms with Crippen molar-refractivity contribution in [2.24, 2.45) is 0 Å². The third-order valence-electron chi connectivity index (χ3n) is 2.12. The van der Waals surface area contributed by atoms with Gasteiger partial charge in [-0.25, -0.2) is 0 Å². The van der Waals surface area contributed by atoms with Crippen molar-refractivity contribution in [3.8, 4) is 5.75 Å². The minimum atomic E-state index is 0.349. The van der Waals surface area contributed by atoms with Crippen molar-refractivity contribution in [1.29, 1.82) is 0 Å². The molecule has 0 unspecified atom stereocenters. The molecule has 0 aromatic carbocycles. The second-order valence-corrected chi connectivity index (χ2v) is 3.75. The monoisotopic (exact) mass is 259 g/mol. The number of methoxy groups -OCH3 is 1. The van der Waals surface area contributed by atoms with Crippen LogP contribution < -0.4 is 4.74 Å². The largest absolute Gasteiger partial charge is 0.489 e. The van der Waals surface area contributed by atoms with E-state index in [1.54, 1.807) is 7.11 Å².